The molecule has 2 heterocycles. The zero-order valence-corrected chi connectivity index (χ0v) is 9.01. The van der Waals surface area contributed by atoms with Gasteiger partial charge in [0.1, 0.15) is 5.60 Å². The molecule has 1 aliphatic rings. The first kappa shape index (κ1) is 10.6. The van der Waals surface area contributed by atoms with Gasteiger partial charge in [-0.25, -0.2) is 4.79 Å². The number of piperidine rings is 1. The lowest BCUT2D eigenvalue weighted by atomic mass is 9.89. The maximum atomic E-state index is 10.9. The van der Waals surface area contributed by atoms with Crippen LogP contribution in [0.15, 0.2) is 11.4 Å². The summed E-state index contributed by atoms with van der Waals surface area (Å²) in [6.45, 7) is 1.46. The predicted molar refractivity (Wildman–Crippen MR) is 57.3 cm³/mol. The van der Waals surface area contributed by atoms with E-state index in [9.17, 15) is 9.90 Å². The first-order chi connectivity index (χ1) is 7.13. The van der Waals surface area contributed by atoms with E-state index in [1.807, 2.05) is 0 Å². The Balaban J connectivity index is 2.34. The number of hydrogen-bond donors (Lipinski definition) is 3. The Hall–Kier alpha value is -0.910. The van der Waals surface area contributed by atoms with Gasteiger partial charge in [-0.3, -0.25) is 0 Å². The first-order valence-corrected chi connectivity index (χ1v) is 5.76. The van der Waals surface area contributed by atoms with Crippen LogP contribution in [0.1, 0.15) is 28.1 Å². The SMILES string of the molecule is O=C(O)c1ccsc1C1(O)CCNCC1. The van der Waals surface area contributed by atoms with Crippen LogP contribution in [0.5, 0.6) is 0 Å². The van der Waals surface area contributed by atoms with E-state index < -0.39 is 11.6 Å². The summed E-state index contributed by atoms with van der Waals surface area (Å²) in [6, 6.07) is 1.56. The van der Waals surface area contributed by atoms with Crippen LogP contribution < -0.4 is 5.32 Å². The molecular formula is C10H13NO3S. The largest absolute Gasteiger partial charge is 0.478 e. The van der Waals surface area contributed by atoms with Crippen molar-refractivity contribution in [1.82, 2.24) is 5.32 Å². The molecule has 0 bridgehead atoms. The van der Waals surface area contributed by atoms with E-state index in [0.29, 0.717) is 17.7 Å². The smallest absolute Gasteiger partial charge is 0.336 e. The van der Waals surface area contributed by atoms with Crippen LogP contribution in [-0.2, 0) is 5.60 Å². The fraction of sp³-hybridized carbons (Fsp3) is 0.500. The van der Waals surface area contributed by atoms with Gasteiger partial charge in [-0.1, -0.05) is 0 Å². The lowest BCUT2D eigenvalue weighted by Crippen LogP contribution is -2.39. The minimum atomic E-state index is -0.960. The monoisotopic (exact) mass is 227 g/mol. The van der Waals surface area contributed by atoms with Crippen molar-refractivity contribution in [2.45, 2.75) is 18.4 Å². The van der Waals surface area contributed by atoms with Gasteiger partial charge in [0.15, 0.2) is 0 Å². The Morgan fingerprint density at radius 1 is 1.47 bits per heavy atom. The molecule has 3 N–H and O–H groups in total. The minimum Gasteiger partial charge on any atom is -0.478 e. The van der Waals surface area contributed by atoms with Crippen molar-refractivity contribution in [3.8, 4) is 0 Å². The van der Waals surface area contributed by atoms with Crippen LogP contribution in [0.25, 0.3) is 0 Å². The summed E-state index contributed by atoms with van der Waals surface area (Å²) in [7, 11) is 0. The zero-order valence-electron chi connectivity index (χ0n) is 8.19. The molecule has 15 heavy (non-hydrogen) atoms. The van der Waals surface area contributed by atoms with Crippen molar-refractivity contribution >= 4 is 17.3 Å². The highest BCUT2D eigenvalue weighted by atomic mass is 32.1. The van der Waals surface area contributed by atoms with Crippen LogP contribution in [0.2, 0.25) is 0 Å². The summed E-state index contributed by atoms with van der Waals surface area (Å²) < 4.78 is 0. The number of nitrogens with one attached hydrogen (secondary N) is 1. The zero-order chi connectivity index (χ0) is 10.9. The Morgan fingerprint density at radius 3 is 2.73 bits per heavy atom. The standard InChI is InChI=1S/C10H13NO3S/c12-9(13)7-1-6-15-8(7)10(14)2-4-11-5-3-10/h1,6,11,14H,2-5H2,(H,12,13). The lowest BCUT2D eigenvalue weighted by Gasteiger charge is -2.32. The molecule has 1 aliphatic heterocycles. The molecule has 1 fully saturated rings. The van der Waals surface area contributed by atoms with E-state index in [1.165, 1.54) is 11.3 Å². The molecule has 5 heteroatoms. The van der Waals surface area contributed by atoms with Crippen LogP contribution in [0.4, 0.5) is 0 Å². The van der Waals surface area contributed by atoms with Gasteiger partial charge in [0.2, 0.25) is 0 Å². The fourth-order valence-electron chi connectivity index (χ4n) is 1.91. The molecule has 0 spiro atoms. The van der Waals surface area contributed by atoms with Crippen molar-refractivity contribution < 1.29 is 15.0 Å². The number of rotatable bonds is 2. The summed E-state index contributed by atoms with van der Waals surface area (Å²) in [6.07, 6.45) is 1.15. The van der Waals surface area contributed by atoms with E-state index in [2.05, 4.69) is 5.32 Å². The van der Waals surface area contributed by atoms with Crippen molar-refractivity contribution in [3.05, 3.63) is 21.9 Å². The van der Waals surface area contributed by atoms with Gasteiger partial charge in [-0.15, -0.1) is 11.3 Å². The predicted octanol–water partition coefficient (Wildman–Crippen LogP) is 1.02. The Kier molecular flexibility index (Phi) is 2.77. The quantitative estimate of drug-likeness (QED) is 0.705. The van der Waals surface area contributed by atoms with E-state index >= 15 is 0 Å². The molecule has 2 rings (SSSR count). The molecule has 0 radical (unpaired) electrons. The Morgan fingerprint density at radius 2 is 2.13 bits per heavy atom. The fourth-order valence-corrected chi connectivity index (χ4v) is 2.95. The molecule has 0 aliphatic carbocycles. The molecule has 1 aromatic rings. The van der Waals surface area contributed by atoms with Crippen molar-refractivity contribution in [1.29, 1.82) is 0 Å². The topological polar surface area (TPSA) is 69.6 Å². The van der Waals surface area contributed by atoms with Gasteiger partial charge >= 0.3 is 5.97 Å². The van der Waals surface area contributed by atoms with Gasteiger partial charge in [-0.2, -0.15) is 0 Å². The second-order valence-electron chi connectivity index (χ2n) is 3.75. The summed E-state index contributed by atoms with van der Waals surface area (Å²) in [5.74, 6) is -0.960. The molecule has 0 amide bonds. The van der Waals surface area contributed by atoms with E-state index in [1.54, 1.807) is 11.4 Å². The molecule has 0 saturated carbocycles. The third-order valence-corrected chi connectivity index (χ3v) is 3.86. The van der Waals surface area contributed by atoms with E-state index in [0.717, 1.165) is 13.1 Å². The summed E-state index contributed by atoms with van der Waals surface area (Å²) in [4.78, 5) is 11.5. The first-order valence-electron chi connectivity index (χ1n) is 4.88. The second kappa shape index (κ2) is 3.92. The number of hydrogen-bond acceptors (Lipinski definition) is 4. The minimum absolute atomic E-state index is 0.240. The van der Waals surface area contributed by atoms with E-state index in [-0.39, 0.29) is 5.56 Å². The highest BCUT2D eigenvalue weighted by molar-refractivity contribution is 7.10. The molecule has 0 unspecified atom stereocenters. The number of carboxylic acids is 1. The number of aromatic carboxylic acids is 1. The summed E-state index contributed by atoms with van der Waals surface area (Å²) in [5, 5.41) is 24.2. The maximum Gasteiger partial charge on any atom is 0.336 e. The van der Waals surface area contributed by atoms with Gasteiger partial charge < -0.3 is 15.5 Å². The van der Waals surface area contributed by atoms with E-state index in [4.69, 9.17) is 5.11 Å². The third kappa shape index (κ3) is 1.90. The molecule has 0 atom stereocenters. The van der Waals surface area contributed by atoms with Crippen LogP contribution in [0.3, 0.4) is 0 Å². The second-order valence-corrected chi connectivity index (χ2v) is 4.67. The summed E-state index contributed by atoms with van der Waals surface area (Å²) >= 11 is 1.32. The van der Waals surface area contributed by atoms with Crippen molar-refractivity contribution in [3.63, 3.8) is 0 Å². The number of carboxylic acid groups (broad SMARTS) is 1. The van der Waals surface area contributed by atoms with Crippen LogP contribution in [0, 0.1) is 0 Å². The lowest BCUT2D eigenvalue weighted by molar-refractivity contribution is 0.00799. The Bertz CT molecular complexity index is 368. The number of carbonyl (C=O) groups is 1. The summed E-state index contributed by atoms with van der Waals surface area (Å²) in [5.41, 5.74) is -0.711. The average Bonchev–Trinajstić information content (AvgIpc) is 2.67. The Labute approximate surface area is 91.6 Å². The van der Waals surface area contributed by atoms with Gasteiger partial charge in [0.25, 0.3) is 0 Å². The highest BCUT2D eigenvalue weighted by Crippen LogP contribution is 2.36. The molecule has 4 nitrogen and oxygen atoms in total. The molecule has 1 aromatic heterocycles. The van der Waals surface area contributed by atoms with Crippen molar-refractivity contribution in [2.24, 2.45) is 0 Å². The van der Waals surface area contributed by atoms with Crippen molar-refractivity contribution in [2.75, 3.05) is 13.1 Å². The molecule has 0 aromatic carbocycles. The average molecular weight is 227 g/mol. The molecule has 82 valence electrons. The van der Waals surface area contributed by atoms with Gasteiger partial charge in [-0.05, 0) is 37.4 Å². The highest BCUT2D eigenvalue weighted by Gasteiger charge is 2.35. The van der Waals surface area contributed by atoms with Crippen LogP contribution in [-0.4, -0.2) is 29.3 Å². The normalized spacial score (nSPS) is 20.1. The molecular weight excluding hydrogens is 214 g/mol. The van der Waals surface area contributed by atoms with Gasteiger partial charge in [0, 0.05) is 0 Å². The van der Waals surface area contributed by atoms with Crippen LogP contribution >= 0.6 is 11.3 Å². The number of aliphatic hydroxyl groups is 1. The maximum absolute atomic E-state index is 10.9. The number of thiophene rings is 1. The van der Waals surface area contributed by atoms with Gasteiger partial charge in [0.05, 0.1) is 10.4 Å². The third-order valence-electron chi connectivity index (χ3n) is 2.75. The molecule has 1 saturated heterocycles.